The number of urea groups is 1. The predicted molar refractivity (Wildman–Crippen MR) is 114 cm³/mol. The molecule has 6 heteroatoms. The molecule has 3 heterocycles. The van der Waals surface area contributed by atoms with Crippen LogP contribution >= 0.6 is 0 Å². The van der Waals surface area contributed by atoms with E-state index < -0.39 is 0 Å². The Kier molecular flexibility index (Phi) is 6.70. The van der Waals surface area contributed by atoms with Gasteiger partial charge in [0.15, 0.2) is 0 Å². The molecule has 3 aliphatic rings. The van der Waals surface area contributed by atoms with Crippen LogP contribution in [-0.4, -0.2) is 72.5 Å². The molecule has 6 nitrogen and oxygen atoms in total. The number of nitrogens with zero attached hydrogens (tertiary/aromatic N) is 3. The fourth-order valence-electron chi connectivity index (χ4n) is 4.86. The van der Waals surface area contributed by atoms with Crippen LogP contribution in [0.3, 0.4) is 0 Å². The molecule has 0 aromatic heterocycles. The van der Waals surface area contributed by atoms with E-state index in [-0.39, 0.29) is 6.03 Å². The third kappa shape index (κ3) is 5.30. The number of hydrogen-bond donors (Lipinski definition) is 1. The van der Waals surface area contributed by atoms with Crippen molar-refractivity contribution in [2.75, 3.05) is 45.8 Å². The first kappa shape index (κ1) is 20.2. The van der Waals surface area contributed by atoms with Crippen molar-refractivity contribution >= 4 is 11.9 Å². The summed E-state index contributed by atoms with van der Waals surface area (Å²) < 4.78 is 0. The Morgan fingerprint density at radius 3 is 2.41 bits per heavy atom. The lowest BCUT2D eigenvalue weighted by Gasteiger charge is -2.33. The maximum absolute atomic E-state index is 12.5. The summed E-state index contributed by atoms with van der Waals surface area (Å²) in [6, 6.07) is 8.69. The molecule has 3 amide bonds. The first-order valence-corrected chi connectivity index (χ1v) is 11.3. The summed E-state index contributed by atoms with van der Waals surface area (Å²) in [5.41, 5.74) is 2.87. The number of likely N-dealkylation sites (tertiary alicyclic amines) is 2. The summed E-state index contributed by atoms with van der Waals surface area (Å²) in [5, 5.41) is 3.09. The quantitative estimate of drug-likeness (QED) is 0.829. The number of amides is 3. The summed E-state index contributed by atoms with van der Waals surface area (Å²) in [5.74, 6) is 0.745. The van der Waals surface area contributed by atoms with Crippen LogP contribution in [0.2, 0.25) is 0 Å². The first-order chi connectivity index (χ1) is 14.2. The number of piperidine rings is 1. The van der Waals surface area contributed by atoms with Gasteiger partial charge in [0.2, 0.25) is 5.91 Å². The smallest absolute Gasteiger partial charge is 0.317 e. The molecule has 29 heavy (non-hydrogen) atoms. The topological polar surface area (TPSA) is 55.9 Å². The van der Waals surface area contributed by atoms with Gasteiger partial charge in [0.1, 0.15) is 0 Å². The minimum Gasteiger partial charge on any atom is -0.343 e. The van der Waals surface area contributed by atoms with Gasteiger partial charge in [-0.3, -0.25) is 9.69 Å². The number of nitrogens with one attached hydrogen (secondary N) is 1. The molecular weight excluding hydrogens is 364 g/mol. The third-order valence-corrected chi connectivity index (χ3v) is 6.74. The van der Waals surface area contributed by atoms with Crippen molar-refractivity contribution in [1.29, 1.82) is 0 Å². The van der Waals surface area contributed by atoms with Crippen LogP contribution in [0.15, 0.2) is 24.3 Å². The van der Waals surface area contributed by atoms with E-state index in [0.29, 0.717) is 24.8 Å². The van der Waals surface area contributed by atoms with Crippen molar-refractivity contribution in [3.05, 3.63) is 35.4 Å². The molecule has 4 rings (SSSR count). The molecule has 0 bridgehead atoms. The molecule has 1 N–H and O–H groups in total. The van der Waals surface area contributed by atoms with E-state index in [2.05, 4.69) is 34.5 Å². The van der Waals surface area contributed by atoms with Crippen LogP contribution < -0.4 is 5.32 Å². The second-order valence-electron chi connectivity index (χ2n) is 8.75. The number of hydrogen-bond acceptors (Lipinski definition) is 3. The lowest BCUT2D eigenvalue weighted by molar-refractivity contribution is -0.131. The minimum absolute atomic E-state index is 0.0479. The van der Waals surface area contributed by atoms with Crippen LogP contribution in [0, 0.1) is 5.92 Å². The molecule has 2 fully saturated rings. The standard InChI is InChI=1S/C23H34N4O2/c28-22(26-11-3-4-12-26)17-19-7-14-27(15-8-19)23(29)24-10-16-25-13-9-20-5-1-2-6-21(20)18-25/h1-2,5-6,19H,3-4,7-18H2,(H,24,29). The van der Waals surface area contributed by atoms with Gasteiger partial charge in [-0.2, -0.15) is 0 Å². The van der Waals surface area contributed by atoms with Gasteiger partial charge in [-0.15, -0.1) is 0 Å². The number of carbonyl (C=O) groups is 2. The van der Waals surface area contributed by atoms with Crippen LogP contribution in [0.1, 0.15) is 43.2 Å². The molecular formula is C23H34N4O2. The molecule has 0 atom stereocenters. The fraction of sp³-hybridized carbons (Fsp3) is 0.652. The molecule has 1 aromatic carbocycles. The first-order valence-electron chi connectivity index (χ1n) is 11.3. The van der Waals surface area contributed by atoms with Crippen molar-refractivity contribution in [3.63, 3.8) is 0 Å². The van der Waals surface area contributed by atoms with E-state index in [1.54, 1.807) is 0 Å². The molecule has 0 saturated carbocycles. The maximum Gasteiger partial charge on any atom is 0.317 e. The number of carbonyl (C=O) groups excluding carboxylic acids is 2. The SMILES string of the molecule is O=C(CC1CCN(C(=O)NCCN2CCc3ccccc3C2)CC1)N1CCCC1. The van der Waals surface area contributed by atoms with Crippen molar-refractivity contribution < 1.29 is 9.59 Å². The maximum atomic E-state index is 12.5. The second-order valence-corrected chi connectivity index (χ2v) is 8.75. The Morgan fingerprint density at radius 2 is 1.66 bits per heavy atom. The minimum atomic E-state index is 0.0479. The van der Waals surface area contributed by atoms with E-state index in [0.717, 1.165) is 77.9 Å². The van der Waals surface area contributed by atoms with E-state index in [4.69, 9.17) is 0 Å². The van der Waals surface area contributed by atoms with Crippen molar-refractivity contribution in [1.82, 2.24) is 20.0 Å². The average Bonchev–Trinajstić information content (AvgIpc) is 3.29. The van der Waals surface area contributed by atoms with Gasteiger partial charge >= 0.3 is 6.03 Å². The Hall–Kier alpha value is -2.08. The highest BCUT2D eigenvalue weighted by molar-refractivity contribution is 5.77. The van der Waals surface area contributed by atoms with Gasteiger partial charge < -0.3 is 15.1 Å². The van der Waals surface area contributed by atoms with Crippen molar-refractivity contribution in [2.45, 2.75) is 45.1 Å². The number of fused-ring (bicyclic) bond motifs is 1. The highest BCUT2D eigenvalue weighted by atomic mass is 16.2. The Labute approximate surface area is 174 Å². The summed E-state index contributed by atoms with van der Waals surface area (Å²) >= 11 is 0. The highest BCUT2D eigenvalue weighted by Crippen LogP contribution is 2.23. The van der Waals surface area contributed by atoms with Gasteiger partial charge in [0.25, 0.3) is 0 Å². The van der Waals surface area contributed by atoms with Gasteiger partial charge in [-0.05, 0) is 49.1 Å². The van der Waals surface area contributed by atoms with Crippen LogP contribution in [0.4, 0.5) is 4.79 Å². The summed E-state index contributed by atoms with van der Waals surface area (Å²) in [6.45, 7) is 7.01. The molecule has 0 radical (unpaired) electrons. The van der Waals surface area contributed by atoms with Crippen molar-refractivity contribution in [2.24, 2.45) is 5.92 Å². The normalized spacial score (nSPS) is 20.6. The predicted octanol–water partition coefficient (Wildman–Crippen LogP) is 2.48. The zero-order chi connectivity index (χ0) is 20.1. The Bertz CT molecular complexity index is 709. The molecule has 0 spiro atoms. The van der Waals surface area contributed by atoms with E-state index in [1.807, 2.05) is 9.80 Å². The van der Waals surface area contributed by atoms with E-state index in [1.165, 1.54) is 11.1 Å². The van der Waals surface area contributed by atoms with Crippen molar-refractivity contribution in [3.8, 4) is 0 Å². The van der Waals surface area contributed by atoms with Gasteiger partial charge in [-0.1, -0.05) is 24.3 Å². The zero-order valence-corrected chi connectivity index (χ0v) is 17.4. The number of rotatable bonds is 5. The largest absolute Gasteiger partial charge is 0.343 e. The molecule has 0 aliphatic carbocycles. The van der Waals surface area contributed by atoms with E-state index in [9.17, 15) is 9.59 Å². The number of benzene rings is 1. The molecule has 1 aromatic rings. The van der Waals surface area contributed by atoms with Gasteiger partial charge in [0, 0.05) is 58.8 Å². The Morgan fingerprint density at radius 1 is 0.931 bits per heavy atom. The summed E-state index contributed by atoms with van der Waals surface area (Å²) in [7, 11) is 0. The zero-order valence-electron chi connectivity index (χ0n) is 17.4. The fourth-order valence-corrected chi connectivity index (χ4v) is 4.86. The monoisotopic (exact) mass is 398 g/mol. The lowest BCUT2D eigenvalue weighted by atomic mass is 9.93. The molecule has 0 unspecified atom stereocenters. The summed E-state index contributed by atoms with van der Waals surface area (Å²) in [6.07, 6.45) is 5.92. The lowest BCUT2D eigenvalue weighted by Crippen LogP contribution is -2.47. The Balaban J connectivity index is 1.13. The average molecular weight is 399 g/mol. The van der Waals surface area contributed by atoms with Crippen LogP contribution in [-0.2, 0) is 17.8 Å². The van der Waals surface area contributed by atoms with Gasteiger partial charge in [0.05, 0.1) is 0 Å². The third-order valence-electron chi connectivity index (χ3n) is 6.74. The van der Waals surface area contributed by atoms with Crippen LogP contribution in [0.5, 0.6) is 0 Å². The highest BCUT2D eigenvalue weighted by Gasteiger charge is 2.27. The van der Waals surface area contributed by atoms with Gasteiger partial charge in [-0.25, -0.2) is 4.79 Å². The molecule has 2 saturated heterocycles. The second kappa shape index (κ2) is 9.61. The van der Waals surface area contributed by atoms with E-state index >= 15 is 0 Å². The van der Waals surface area contributed by atoms with Crippen LogP contribution in [0.25, 0.3) is 0 Å². The molecule has 3 aliphatic heterocycles. The summed E-state index contributed by atoms with van der Waals surface area (Å²) in [4.78, 5) is 31.2. The molecule has 158 valence electrons.